The fourth-order valence-electron chi connectivity index (χ4n) is 1.38. The molecule has 1 aromatic carbocycles. The summed E-state index contributed by atoms with van der Waals surface area (Å²) in [5, 5.41) is 11.1. The third-order valence-electron chi connectivity index (χ3n) is 2.38. The first kappa shape index (κ1) is 16.1. The lowest BCUT2D eigenvalue weighted by Crippen LogP contribution is -2.24. The molecule has 0 aliphatic rings. The number of thioether (sulfide) groups is 1. The van der Waals surface area contributed by atoms with Gasteiger partial charge in [-0.25, -0.2) is 0 Å². The van der Waals surface area contributed by atoms with Gasteiger partial charge in [-0.05, 0) is 32.0 Å². The number of benzene rings is 1. The molecule has 0 spiro atoms. The molecule has 0 saturated heterocycles. The van der Waals surface area contributed by atoms with Crippen LogP contribution in [0.15, 0.2) is 24.3 Å². The zero-order chi connectivity index (χ0) is 15.0. The second kappa shape index (κ2) is 8.23. The molecule has 5 nitrogen and oxygen atoms in total. The normalized spacial score (nSPS) is 11.2. The summed E-state index contributed by atoms with van der Waals surface area (Å²) in [6.45, 7) is 3.79. The monoisotopic (exact) mass is 292 g/mol. The smallest absolute Gasteiger partial charge is 0.315 e. The lowest BCUT2D eigenvalue weighted by Gasteiger charge is -2.11. The van der Waals surface area contributed by atoms with Crippen molar-refractivity contribution in [2.45, 2.75) is 19.1 Å². The molecule has 1 amide bonds. The average Bonchev–Trinajstić information content (AvgIpc) is 2.45. The third kappa shape index (κ3) is 5.33. The maximum Gasteiger partial charge on any atom is 0.315 e. The Morgan fingerprint density at radius 1 is 1.50 bits per heavy atom. The first-order valence-corrected chi connectivity index (χ1v) is 7.20. The molecule has 1 aromatic rings. The van der Waals surface area contributed by atoms with E-state index in [1.807, 2.05) is 6.07 Å². The van der Waals surface area contributed by atoms with Crippen molar-refractivity contribution in [3.63, 3.8) is 0 Å². The average molecular weight is 292 g/mol. The number of carbonyl (C=O) groups is 2. The van der Waals surface area contributed by atoms with Gasteiger partial charge >= 0.3 is 5.97 Å². The van der Waals surface area contributed by atoms with E-state index >= 15 is 0 Å². The Morgan fingerprint density at radius 2 is 2.25 bits per heavy atom. The number of hydrogen-bond acceptors (Lipinski definition) is 5. The topological polar surface area (TPSA) is 79.2 Å². The second-order valence-electron chi connectivity index (χ2n) is 3.94. The van der Waals surface area contributed by atoms with Crippen molar-refractivity contribution in [3.05, 3.63) is 29.8 Å². The van der Waals surface area contributed by atoms with Gasteiger partial charge in [0.15, 0.2) is 0 Å². The molecule has 0 radical (unpaired) electrons. The van der Waals surface area contributed by atoms with E-state index in [4.69, 9.17) is 10.00 Å². The molecule has 0 fully saturated rings. The van der Waals surface area contributed by atoms with E-state index in [1.165, 1.54) is 11.8 Å². The molecule has 1 rings (SSSR count). The molecule has 0 aromatic heterocycles. The minimum atomic E-state index is -0.384. The van der Waals surface area contributed by atoms with Gasteiger partial charge in [0.25, 0.3) is 0 Å². The van der Waals surface area contributed by atoms with Crippen LogP contribution in [0.2, 0.25) is 0 Å². The molecule has 0 bridgehead atoms. The zero-order valence-corrected chi connectivity index (χ0v) is 12.2. The van der Waals surface area contributed by atoms with Crippen LogP contribution in [0.3, 0.4) is 0 Å². The largest absolute Gasteiger partial charge is 0.465 e. The van der Waals surface area contributed by atoms with E-state index < -0.39 is 0 Å². The highest BCUT2D eigenvalue weighted by Crippen LogP contribution is 2.15. The fourth-order valence-corrected chi connectivity index (χ4v) is 2.06. The van der Waals surface area contributed by atoms with E-state index in [1.54, 1.807) is 38.1 Å². The first-order valence-electron chi connectivity index (χ1n) is 6.15. The van der Waals surface area contributed by atoms with E-state index in [9.17, 15) is 9.59 Å². The molecule has 1 N–H and O–H groups in total. The Hall–Kier alpha value is -2.00. The van der Waals surface area contributed by atoms with Gasteiger partial charge in [-0.1, -0.05) is 6.07 Å². The predicted molar refractivity (Wildman–Crippen MR) is 78.3 cm³/mol. The molecule has 0 saturated carbocycles. The van der Waals surface area contributed by atoms with Gasteiger partial charge in [0.2, 0.25) is 5.91 Å². The molecule has 0 aliphatic carbocycles. The highest BCUT2D eigenvalue weighted by atomic mass is 32.2. The van der Waals surface area contributed by atoms with Crippen LogP contribution in [0, 0.1) is 11.3 Å². The molecular formula is C14H16N2O3S. The highest BCUT2D eigenvalue weighted by molar-refractivity contribution is 8.01. The summed E-state index contributed by atoms with van der Waals surface area (Å²) in [4.78, 5) is 23.1. The minimum absolute atomic E-state index is 0.140. The predicted octanol–water partition coefficient (Wildman–Crippen LogP) is 2.18. The van der Waals surface area contributed by atoms with Crippen molar-refractivity contribution in [3.8, 4) is 6.07 Å². The molecule has 20 heavy (non-hydrogen) atoms. The summed E-state index contributed by atoms with van der Waals surface area (Å²) >= 11 is 1.21. The van der Waals surface area contributed by atoms with Crippen molar-refractivity contribution in [2.75, 3.05) is 17.7 Å². The van der Waals surface area contributed by atoms with Crippen LogP contribution in [0.4, 0.5) is 5.69 Å². The molecule has 106 valence electrons. The number of esters is 1. The summed E-state index contributed by atoms with van der Waals surface area (Å²) in [7, 11) is 0. The first-order chi connectivity index (χ1) is 9.56. The Kier molecular flexibility index (Phi) is 6.60. The molecule has 0 heterocycles. The van der Waals surface area contributed by atoms with Crippen LogP contribution in [0.1, 0.15) is 19.4 Å². The Morgan fingerprint density at radius 3 is 2.90 bits per heavy atom. The number of nitriles is 1. The number of nitrogens with one attached hydrogen (secondary N) is 1. The van der Waals surface area contributed by atoms with Crippen molar-refractivity contribution in [1.29, 1.82) is 5.26 Å². The van der Waals surface area contributed by atoms with Gasteiger partial charge in [-0.3, -0.25) is 9.59 Å². The maximum absolute atomic E-state index is 11.9. The maximum atomic E-state index is 11.9. The number of nitrogens with zero attached hydrogens (tertiary/aromatic N) is 1. The summed E-state index contributed by atoms with van der Waals surface area (Å²) in [5.41, 5.74) is 1.05. The SMILES string of the molecule is CCOC(=O)CSC(C)C(=O)Nc1cccc(C#N)c1. The summed E-state index contributed by atoms with van der Waals surface area (Å²) < 4.78 is 4.79. The van der Waals surface area contributed by atoms with Crippen molar-refractivity contribution < 1.29 is 14.3 Å². The molecule has 6 heteroatoms. The van der Waals surface area contributed by atoms with E-state index in [0.717, 1.165) is 0 Å². The number of anilines is 1. The highest BCUT2D eigenvalue weighted by Gasteiger charge is 2.15. The van der Waals surface area contributed by atoms with Crippen LogP contribution in [-0.4, -0.2) is 29.5 Å². The quantitative estimate of drug-likeness (QED) is 0.813. The summed E-state index contributed by atoms with van der Waals surface area (Å²) in [6, 6.07) is 8.67. The van der Waals surface area contributed by atoms with Gasteiger partial charge in [0.05, 0.1) is 29.2 Å². The standard InChI is InChI=1S/C14H16N2O3S/c1-3-19-13(17)9-20-10(2)14(18)16-12-6-4-5-11(7-12)8-15/h4-7,10H,3,9H2,1-2H3,(H,16,18). The van der Waals surface area contributed by atoms with Gasteiger partial charge in [-0.2, -0.15) is 5.26 Å². The molecule has 1 atom stereocenters. The lowest BCUT2D eigenvalue weighted by molar-refractivity contribution is -0.139. The van der Waals surface area contributed by atoms with Gasteiger partial charge in [-0.15, -0.1) is 11.8 Å². The molecule has 0 aliphatic heterocycles. The van der Waals surface area contributed by atoms with Crippen molar-refractivity contribution in [2.24, 2.45) is 0 Å². The van der Waals surface area contributed by atoms with E-state index in [2.05, 4.69) is 5.32 Å². The van der Waals surface area contributed by atoms with Gasteiger partial charge in [0.1, 0.15) is 0 Å². The van der Waals surface area contributed by atoms with Crippen LogP contribution in [0.25, 0.3) is 0 Å². The third-order valence-corrected chi connectivity index (χ3v) is 3.50. The number of amides is 1. The Bertz CT molecular complexity index is 525. The van der Waals surface area contributed by atoms with Crippen LogP contribution in [0.5, 0.6) is 0 Å². The van der Waals surface area contributed by atoms with Crippen LogP contribution < -0.4 is 5.32 Å². The minimum Gasteiger partial charge on any atom is -0.465 e. The number of hydrogen-bond donors (Lipinski definition) is 1. The number of carbonyl (C=O) groups excluding carboxylic acids is 2. The Balaban J connectivity index is 2.49. The second-order valence-corrected chi connectivity index (χ2v) is 5.27. The number of ether oxygens (including phenoxy) is 1. The fraction of sp³-hybridized carbons (Fsp3) is 0.357. The van der Waals surface area contributed by atoms with Crippen molar-refractivity contribution in [1.82, 2.24) is 0 Å². The van der Waals surface area contributed by atoms with Crippen molar-refractivity contribution >= 4 is 29.3 Å². The van der Waals surface area contributed by atoms with Crippen LogP contribution in [-0.2, 0) is 14.3 Å². The Labute approximate surface area is 122 Å². The van der Waals surface area contributed by atoms with E-state index in [0.29, 0.717) is 17.9 Å². The van der Waals surface area contributed by atoms with Gasteiger partial charge < -0.3 is 10.1 Å². The zero-order valence-electron chi connectivity index (χ0n) is 11.4. The molecule has 1 unspecified atom stereocenters. The molecular weight excluding hydrogens is 276 g/mol. The van der Waals surface area contributed by atoms with E-state index in [-0.39, 0.29) is 22.9 Å². The summed E-state index contributed by atoms with van der Waals surface area (Å²) in [6.07, 6.45) is 0. The summed E-state index contributed by atoms with van der Waals surface area (Å²) in [5.74, 6) is -0.404. The van der Waals surface area contributed by atoms with Crippen LogP contribution >= 0.6 is 11.8 Å². The van der Waals surface area contributed by atoms with Gasteiger partial charge in [0, 0.05) is 5.69 Å². The lowest BCUT2D eigenvalue weighted by atomic mass is 10.2. The number of rotatable bonds is 6.